The van der Waals surface area contributed by atoms with Gasteiger partial charge in [0.25, 0.3) is 0 Å². The first kappa shape index (κ1) is 17.8. The Morgan fingerprint density at radius 1 is 1.35 bits per heavy atom. The van der Waals surface area contributed by atoms with E-state index in [1.165, 1.54) is 18.2 Å². The number of amides is 1. The smallest absolute Gasteiger partial charge is 0.376 e. The first-order valence-corrected chi connectivity index (χ1v) is 7.96. The van der Waals surface area contributed by atoms with Crippen LogP contribution in [0.5, 0.6) is 0 Å². The molecule has 23 heavy (non-hydrogen) atoms. The lowest BCUT2D eigenvalue weighted by molar-refractivity contribution is -0.139. The minimum atomic E-state index is -4.44. The molecule has 0 N–H and O–H groups in total. The van der Waals surface area contributed by atoms with Crippen molar-refractivity contribution in [2.24, 2.45) is 0 Å². The molecule has 1 heterocycles. The van der Waals surface area contributed by atoms with Crippen molar-refractivity contribution in [2.45, 2.75) is 44.9 Å². The number of carbonyl (C=O) groups is 1. The van der Waals surface area contributed by atoms with Gasteiger partial charge >= 0.3 is 6.18 Å². The molecule has 1 atom stereocenters. The van der Waals surface area contributed by atoms with E-state index in [4.69, 9.17) is 4.74 Å². The Hall–Kier alpha value is -1.56. The molecule has 1 amide bonds. The van der Waals surface area contributed by atoms with Gasteiger partial charge < -0.3 is 9.64 Å². The second kappa shape index (κ2) is 7.81. The number of nitrogens with zero attached hydrogens (tertiary/aromatic N) is 1. The number of piperidine rings is 1. The Labute approximate surface area is 134 Å². The van der Waals surface area contributed by atoms with Gasteiger partial charge in [0.05, 0.1) is 18.1 Å². The third-order valence-electron chi connectivity index (χ3n) is 3.95. The molecule has 0 aliphatic carbocycles. The summed E-state index contributed by atoms with van der Waals surface area (Å²) in [6.45, 7) is 3.70. The maximum Gasteiger partial charge on any atom is 0.416 e. The van der Waals surface area contributed by atoms with Crippen LogP contribution in [-0.2, 0) is 22.1 Å². The van der Waals surface area contributed by atoms with Crippen molar-refractivity contribution in [2.75, 3.05) is 19.7 Å². The third-order valence-corrected chi connectivity index (χ3v) is 3.95. The van der Waals surface area contributed by atoms with Crippen molar-refractivity contribution in [3.05, 3.63) is 35.4 Å². The van der Waals surface area contributed by atoms with Crippen LogP contribution in [0.25, 0.3) is 0 Å². The summed E-state index contributed by atoms with van der Waals surface area (Å²) in [5.41, 5.74) is -0.703. The Bertz CT molecular complexity index is 531. The van der Waals surface area contributed by atoms with Gasteiger partial charge in [0.15, 0.2) is 0 Å². The van der Waals surface area contributed by atoms with Crippen LogP contribution in [0, 0.1) is 0 Å². The number of ether oxygens (including phenoxy) is 1. The molecule has 2 rings (SSSR count). The maximum absolute atomic E-state index is 13.0. The molecule has 1 aromatic carbocycles. The van der Waals surface area contributed by atoms with Gasteiger partial charge in [-0.05, 0) is 30.9 Å². The zero-order chi connectivity index (χ0) is 16.9. The average molecular weight is 329 g/mol. The fourth-order valence-corrected chi connectivity index (χ4v) is 2.81. The van der Waals surface area contributed by atoms with E-state index in [0.29, 0.717) is 19.7 Å². The number of benzene rings is 1. The van der Waals surface area contributed by atoms with E-state index in [1.807, 2.05) is 6.92 Å². The first-order chi connectivity index (χ1) is 10.9. The predicted molar refractivity (Wildman–Crippen MR) is 81.0 cm³/mol. The van der Waals surface area contributed by atoms with Crippen LogP contribution in [0.4, 0.5) is 13.2 Å². The molecule has 0 radical (unpaired) electrons. The van der Waals surface area contributed by atoms with Crippen LogP contribution in [0.3, 0.4) is 0 Å². The molecule has 1 fully saturated rings. The molecule has 0 bridgehead atoms. The van der Waals surface area contributed by atoms with Gasteiger partial charge in [-0.3, -0.25) is 4.79 Å². The number of alkyl halides is 3. The predicted octanol–water partition coefficient (Wildman–Crippen LogP) is 3.67. The van der Waals surface area contributed by atoms with E-state index in [1.54, 1.807) is 4.90 Å². The highest BCUT2D eigenvalue weighted by atomic mass is 19.4. The lowest BCUT2D eigenvalue weighted by Gasteiger charge is -2.33. The quantitative estimate of drug-likeness (QED) is 0.825. The van der Waals surface area contributed by atoms with Crippen LogP contribution in [-0.4, -0.2) is 36.6 Å². The molecule has 1 aromatic rings. The van der Waals surface area contributed by atoms with Crippen molar-refractivity contribution in [1.82, 2.24) is 4.90 Å². The van der Waals surface area contributed by atoms with Gasteiger partial charge in [-0.15, -0.1) is 0 Å². The Morgan fingerprint density at radius 3 is 2.78 bits per heavy atom. The number of halogens is 3. The molecular weight excluding hydrogens is 307 g/mol. The molecule has 1 aliphatic rings. The number of rotatable bonds is 5. The van der Waals surface area contributed by atoms with Crippen LogP contribution in [0.1, 0.15) is 37.3 Å². The Morgan fingerprint density at radius 2 is 2.09 bits per heavy atom. The summed E-state index contributed by atoms with van der Waals surface area (Å²) in [5, 5.41) is 0. The van der Waals surface area contributed by atoms with Crippen molar-refractivity contribution >= 4 is 5.91 Å². The molecule has 0 saturated carbocycles. The average Bonchev–Trinajstić information content (AvgIpc) is 2.52. The van der Waals surface area contributed by atoms with E-state index in [9.17, 15) is 18.0 Å². The number of hydrogen-bond acceptors (Lipinski definition) is 2. The third kappa shape index (κ3) is 4.96. The van der Waals surface area contributed by atoms with Crippen LogP contribution < -0.4 is 0 Å². The van der Waals surface area contributed by atoms with Gasteiger partial charge in [0.1, 0.15) is 0 Å². The van der Waals surface area contributed by atoms with Crippen LogP contribution in [0.2, 0.25) is 0 Å². The second-order valence-corrected chi connectivity index (χ2v) is 5.81. The summed E-state index contributed by atoms with van der Waals surface area (Å²) in [5.74, 6) is -0.272. The molecule has 128 valence electrons. The van der Waals surface area contributed by atoms with Crippen molar-refractivity contribution in [3.63, 3.8) is 0 Å². The van der Waals surface area contributed by atoms with Crippen LogP contribution >= 0.6 is 0 Å². The van der Waals surface area contributed by atoms with E-state index in [-0.39, 0.29) is 24.0 Å². The summed E-state index contributed by atoms with van der Waals surface area (Å²) >= 11 is 0. The standard InChI is InChI=1S/C17H22F3NO2/c1-2-10-23-14-7-5-9-21(12-14)16(22)11-13-6-3-4-8-15(13)17(18,19)20/h3-4,6,8,14H,2,5,7,9-12H2,1H3/t14-/m1/s1. The normalized spacial score (nSPS) is 19.0. The van der Waals surface area contributed by atoms with E-state index >= 15 is 0 Å². The minimum Gasteiger partial charge on any atom is -0.376 e. The molecule has 3 nitrogen and oxygen atoms in total. The van der Waals surface area contributed by atoms with Crippen LogP contribution in [0.15, 0.2) is 24.3 Å². The van der Waals surface area contributed by atoms with Gasteiger partial charge in [-0.2, -0.15) is 13.2 Å². The lowest BCUT2D eigenvalue weighted by Crippen LogP contribution is -2.44. The summed E-state index contributed by atoms with van der Waals surface area (Å²) < 4.78 is 44.7. The zero-order valence-corrected chi connectivity index (χ0v) is 13.2. The largest absolute Gasteiger partial charge is 0.416 e. The summed E-state index contributed by atoms with van der Waals surface area (Å²) in [6.07, 6.45) is -2.06. The maximum atomic E-state index is 13.0. The summed E-state index contributed by atoms with van der Waals surface area (Å²) in [4.78, 5) is 14.0. The molecular formula is C17H22F3NO2. The molecule has 0 unspecified atom stereocenters. The van der Waals surface area contributed by atoms with Crippen molar-refractivity contribution < 1.29 is 22.7 Å². The minimum absolute atomic E-state index is 0.00879. The molecule has 1 saturated heterocycles. The fourth-order valence-electron chi connectivity index (χ4n) is 2.81. The van der Waals surface area contributed by atoms with E-state index in [2.05, 4.69) is 0 Å². The van der Waals surface area contributed by atoms with Gasteiger partial charge in [0.2, 0.25) is 5.91 Å². The highest BCUT2D eigenvalue weighted by Gasteiger charge is 2.34. The highest BCUT2D eigenvalue weighted by Crippen LogP contribution is 2.32. The van der Waals surface area contributed by atoms with E-state index in [0.717, 1.165) is 25.3 Å². The Balaban J connectivity index is 2.02. The highest BCUT2D eigenvalue weighted by molar-refractivity contribution is 5.79. The molecule has 0 spiro atoms. The molecule has 0 aromatic heterocycles. The zero-order valence-electron chi connectivity index (χ0n) is 13.2. The van der Waals surface area contributed by atoms with Gasteiger partial charge in [-0.1, -0.05) is 25.1 Å². The monoisotopic (exact) mass is 329 g/mol. The second-order valence-electron chi connectivity index (χ2n) is 5.81. The number of hydrogen-bond donors (Lipinski definition) is 0. The molecule has 6 heteroatoms. The number of carbonyl (C=O) groups excluding carboxylic acids is 1. The Kier molecular flexibility index (Phi) is 6.04. The van der Waals surface area contributed by atoms with Gasteiger partial charge in [-0.25, -0.2) is 0 Å². The fraction of sp³-hybridized carbons (Fsp3) is 0.588. The van der Waals surface area contributed by atoms with E-state index < -0.39 is 11.7 Å². The topological polar surface area (TPSA) is 29.5 Å². The molecule has 1 aliphatic heterocycles. The summed E-state index contributed by atoms with van der Waals surface area (Å²) in [6, 6.07) is 5.26. The number of likely N-dealkylation sites (tertiary alicyclic amines) is 1. The lowest BCUT2D eigenvalue weighted by atomic mass is 10.0. The first-order valence-electron chi connectivity index (χ1n) is 7.96. The van der Waals surface area contributed by atoms with Crippen molar-refractivity contribution in [1.29, 1.82) is 0 Å². The summed E-state index contributed by atoms with van der Waals surface area (Å²) in [7, 11) is 0. The van der Waals surface area contributed by atoms with Crippen molar-refractivity contribution in [3.8, 4) is 0 Å². The van der Waals surface area contributed by atoms with Gasteiger partial charge in [0, 0.05) is 19.7 Å². The SMILES string of the molecule is CCCO[C@@H]1CCCN(C(=O)Cc2ccccc2C(F)(F)F)C1.